The molecule has 0 saturated heterocycles. The number of carbonyl (C=O) groups is 1. The monoisotopic (exact) mass is 532 g/mol. The number of nitrogens with zero attached hydrogens (tertiary/aromatic N) is 5. The Morgan fingerprint density at radius 3 is 2.64 bits per heavy atom. The molecule has 5 rings (SSSR count). The van der Waals surface area contributed by atoms with E-state index in [0.717, 1.165) is 45.5 Å². The van der Waals surface area contributed by atoms with Gasteiger partial charge in [-0.3, -0.25) is 19.1 Å². The molecule has 200 valence electrons. The first kappa shape index (κ1) is 26.1. The van der Waals surface area contributed by atoms with E-state index in [-0.39, 0.29) is 18.7 Å². The van der Waals surface area contributed by atoms with Crippen molar-refractivity contribution in [3.05, 3.63) is 99.6 Å². The first-order chi connectivity index (χ1) is 18.9. The van der Waals surface area contributed by atoms with Crippen LogP contribution in [0.15, 0.2) is 59.9 Å². The lowest BCUT2D eigenvalue weighted by Crippen LogP contribution is -2.34. The average molecular weight is 533 g/mol. The summed E-state index contributed by atoms with van der Waals surface area (Å²) in [6, 6.07) is 9.30. The lowest BCUT2D eigenvalue weighted by molar-refractivity contribution is 0.0951. The molecule has 0 radical (unpaired) electrons. The van der Waals surface area contributed by atoms with Gasteiger partial charge in [-0.05, 0) is 41.8 Å². The van der Waals surface area contributed by atoms with Gasteiger partial charge < -0.3 is 14.6 Å². The van der Waals surface area contributed by atoms with Crippen LogP contribution in [0.2, 0.25) is 0 Å². The molecule has 2 aromatic carbocycles. The van der Waals surface area contributed by atoms with E-state index in [1.54, 1.807) is 13.3 Å². The van der Waals surface area contributed by atoms with E-state index in [2.05, 4.69) is 24.8 Å². The summed E-state index contributed by atoms with van der Waals surface area (Å²) < 4.78 is 35.2. The number of imidazole rings is 1. The number of halogens is 2. The van der Waals surface area contributed by atoms with Gasteiger partial charge in [-0.2, -0.15) is 0 Å². The molecule has 0 aliphatic rings. The Bertz CT molecular complexity index is 1750. The number of aryl methyl sites for hydroxylation is 1. The number of ether oxygens (including phenoxy) is 1. The van der Waals surface area contributed by atoms with Crippen LogP contribution in [0.25, 0.3) is 21.9 Å². The molecule has 0 aliphatic heterocycles. The summed E-state index contributed by atoms with van der Waals surface area (Å²) >= 11 is 0. The SMILES string of the molecule is COCCc1nc2cnc3ccc(CCNC(=O)c4cncn(Cc5ccc(F)c(F)c5)c4=O)cc3c2n1C. The fourth-order valence-corrected chi connectivity index (χ4v) is 4.53. The topological polar surface area (TPSA) is 104 Å². The fraction of sp³-hybridized carbons (Fsp3) is 0.250. The van der Waals surface area contributed by atoms with Crippen molar-refractivity contribution in [3.63, 3.8) is 0 Å². The third kappa shape index (κ3) is 5.39. The minimum absolute atomic E-state index is 0.0507. The zero-order chi connectivity index (χ0) is 27.5. The van der Waals surface area contributed by atoms with Crippen LogP contribution in [0, 0.1) is 11.6 Å². The number of fused-ring (bicyclic) bond motifs is 3. The van der Waals surface area contributed by atoms with Gasteiger partial charge in [0, 0.05) is 38.7 Å². The molecule has 0 atom stereocenters. The molecular weight excluding hydrogens is 506 g/mol. The molecule has 0 fully saturated rings. The summed E-state index contributed by atoms with van der Waals surface area (Å²) in [6.45, 7) is 0.806. The molecule has 0 bridgehead atoms. The van der Waals surface area contributed by atoms with Crippen LogP contribution in [-0.4, -0.2) is 50.3 Å². The van der Waals surface area contributed by atoms with Crippen molar-refractivity contribution < 1.29 is 18.3 Å². The van der Waals surface area contributed by atoms with Crippen LogP contribution >= 0.6 is 0 Å². The minimum Gasteiger partial charge on any atom is -0.384 e. The second-order valence-electron chi connectivity index (χ2n) is 9.17. The molecule has 5 aromatic rings. The number of pyridine rings is 1. The van der Waals surface area contributed by atoms with E-state index < -0.39 is 23.1 Å². The van der Waals surface area contributed by atoms with Crippen molar-refractivity contribution in [2.45, 2.75) is 19.4 Å². The van der Waals surface area contributed by atoms with E-state index >= 15 is 0 Å². The lowest BCUT2D eigenvalue weighted by Gasteiger charge is -2.09. The Kier molecular flexibility index (Phi) is 7.42. The smallest absolute Gasteiger partial charge is 0.266 e. The maximum absolute atomic E-state index is 13.5. The number of carbonyl (C=O) groups excluding carboxylic acids is 1. The highest BCUT2D eigenvalue weighted by molar-refractivity contribution is 6.02. The third-order valence-electron chi connectivity index (χ3n) is 6.57. The van der Waals surface area contributed by atoms with Crippen LogP contribution in [0.1, 0.15) is 27.3 Å². The summed E-state index contributed by atoms with van der Waals surface area (Å²) in [5, 5.41) is 3.73. The standard InChI is InChI=1S/C28H26F2N6O3/c1-35-25(8-10-39-2)34-24-14-33-23-6-4-17(11-19(23)26(24)35)7-9-32-27(37)20-13-31-16-36(28(20)38)15-18-3-5-21(29)22(30)12-18/h3-6,11-14,16H,7-10,15H2,1-2H3,(H,32,37). The quantitative estimate of drug-likeness (QED) is 0.313. The number of nitrogens with one attached hydrogen (secondary N) is 1. The van der Waals surface area contributed by atoms with Gasteiger partial charge in [0.15, 0.2) is 11.6 Å². The zero-order valence-electron chi connectivity index (χ0n) is 21.4. The van der Waals surface area contributed by atoms with Crippen LogP contribution in [0.5, 0.6) is 0 Å². The third-order valence-corrected chi connectivity index (χ3v) is 6.57. The number of aromatic nitrogens is 5. The molecule has 1 amide bonds. The van der Waals surface area contributed by atoms with Gasteiger partial charge in [-0.25, -0.2) is 18.7 Å². The summed E-state index contributed by atoms with van der Waals surface area (Å²) in [5.41, 5.74) is 3.27. The van der Waals surface area contributed by atoms with E-state index in [1.165, 1.54) is 23.2 Å². The molecule has 0 spiro atoms. The van der Waals surface area contributed by atoms with Gasteiger partial charge in [0.1, 0.15) is 16.9 Å². The van der Waals surface area contributed by atoms with Crippen molar-refractivity contribution in [1.82, 2.24) is 29.4 Å². The molecule has 9 nitrogen and oxygen atoms in total. The number of hydrogen-bond acceptors (Lipinski definition) is 6. The maximum Gasteiger partial charge on any atom is 0.266 e. The predicted octanol–water partition coefficient (Wildman–Crippen LogP) is 3.17. The number of amides is 1. The molecule has 1 N–H and O–H groups in total. The number of methoxy groups -OCH3 is 1. The fourth-order valence-electron chi connectivity index (χ4n) is 4.53. The molecule has 0 saturated carbocycles. The van der Waals surface area contributed by atoms with E-state index in [1.807, 2.05) is 25.2 Å². The normalized spacial score (nSPS) is 11.4. The van der Waals surface area contributed by atoms with Crippen molar-refractivity contribution in [3.8, 4) is 0 Å². The number of hydrogen-bond donors (Lipinski definition) is 1. The van der Waals surface area contributed by atoms with Gasteiger partial charge in [0.25, 0.3) is 11.5 Å². The van der Waals surface area contributed by atoms with Crippen molar-refractivity contribution in [2.75, 3.05) is 20.3 Å². The van der Waals surface area contributed by atoms with Crippen LogP contribution in [-0.2, 0) is 31.2 Å². The highest BCUT2D eigenvalue weighted by Crippen LogP contribution is 2.25. The zero-order valence-corrected chi connectivity index (χ0v) is 21.4. The molecule has 3 heterocycles. The van der Waals surface area contributed by atoms with Gasteiger partial charge in [0.05, 0.1) is 36.7 Å². The summed E-state index contributed by atoms with van der Waals surface area (Å²) in [4.78, 5) is 38.8. The second kappa shape index (κ2) is 11.1. The predicted molar refractivity (Wildman–Crippen MR) is 142 cm³/mol. The van der Waals surface area contributed by atoms with Gasteiger partial charge in [-0.15, -0.1) is 0 Å². The molecule has 0 unspecified atom stereocenters. The molecule has 39 heavy (non-hydrogen) atoms. The summed E-state index contributed by atoms with van der Waals surface area (Å²) in [6.07, 6.45) is 5.42. The van der Waals surface area contributed by atoms with Crippen molar-refractivity contribution in [1.29, 1.82) is 0 Å². The van der Waals surface area contributed by atoms with Gasteiger partial charge in [-0.1, -0.05) is 12.1 Å². The number of rotatable bonds is 9. The first-order valence-electron chi connectivity index (χ1n) is 12.3. The Balaban J connectivity index is 1.29. The Morgan fingerprint density at radius 2 is 1.85 bits per heavy atom. The highest BCUT2D eigenvalue weighted by Gasteiger charge is 2.15. The molecule has 11 heteroatoms. The van der Waals surface area contributed by atoms with Gasteiger partial charge in [0.2, 0.25) is 0 Å². The Morgan fingerprint density at radius 1 is 1.03 bits per heavy atom. The molecule has 0 aliphatic carbocycles. The molecular formula is C28H26F2N6O3. The summed E-state index contributed by atoms with van der Waals surface area (Å²) in [5.74, 6) is -1.64. The first-order valence-corrected chi connectivity index (χ1v) is 12.3. The maximum atomic E-state index is 13.5. The van der Waals surface area contributed by atoms with Crippen LogP contribution < -0.4 is 10.9 Å². The van der Waals surface area contributed by atoms with Crippen molar-refractivity contribution >= 4 is 27.8 Å². The van der Waals surface area contributed by atoms with Gasteiger partial charge >= 0.3 is 0 Å². The summed E-state index contributed by atoms with van der Waals surface area (Å²) in [7, 11) is 3.63. The average Bonchev–Trinajstić information content (AvgIpc) is 3.26. The van der Waals surface area contributed by atoms with Crippen LogP contribution in [0.3, 0.4) is 0 Å². The largest absolute Gasteiger partial charge is 0.384 e. The van der Waals surface area contributed by atoms with E-state index in [4.69, 9.17) is 4.74 Å². The van der Waals surface area contributed by atoms with E-state index in [0.29, 0.717) is 25.0 Å². The van der Waals surface area contributed by atoms with Crippen molar-refractivity contribution in [2.24, 2.45) is 7.05 Å². The highest BCUT2D eigenvalue weighted by atomic mass is 19.2. The second-order valence-corrected chi connectivity index (χ2v) is 9.17. The lowest BCUT2D eigenvalue weighted by atomic mass is 10.1. The Hall–Kier alpha value is -4.51. The Labute approximate surface area is 222 Å². The van der Waals surface area contributed by atoms with E-state index in [9.17, 15) is 18.4 Å². The molecule has 3 aromatic heterocycles. The number of benzene rings is 2. The minimum atomic E-state index is -1.01. The van der Waals surface area contributed by atoms with Crippen LogP contribution in [0.4, 0.5) is 8.78 Å².